The maximum Gasteiger partial charge on any atom is 0.253 e. The number of methoxy groups -OCH3 is 1. The average Bonchev–Trinajstić information content (AvgIpc) is 2.76. The lowest BCUT2D eigenvalue weighted by atomic mass is 9.92. The summed E-state index contributed by atoms with van der Waals surface area (Å²) >= 11 is 0. The van der Waals surface area contributed by atoms with Gasteiger partial charge in [0.1, 0.15) is 10.6 Å². The number of piperidine rings is 1. The van der Waals surface area contributed by atoms with Crippen LogP contribution in [0.25, 0.3) is 0 Å². The maximum absolute atomic E-state index is 13.5. The Balaban J connectivity index is 1.75. The Bertz CT molecular complexity index is 923. The number of sulfonamides is 1. The topological polar surface area (TPSA) is 70.2 Å². The van der Waals surface area contributed by atoms with Gasteiger partial charge in [-0.05, 0) is 54.8 Å². The normalized spacial score (nSPS) is 23.5. The van der Waals surface area contributed by atoms with Crippen LogP contribution in [0.2, 0.25) is 0 Å². The van der Waals surface area contributed by atoms with Crippen LogP contribution < -0.4 is 4.74 Å². The first-order chi connectivity index (χ1) is 15.4. The van der Waals surface area contributed by atoms with E-state index in [9.17, 15) is 13.2 Å². The Kier molecular flexibility index (Phi) is 8.12. The van der Waals surface area contributed by atoms with Crippen molar-refractivity contribution in [1.29, 1.82) is 0 Å². The van der Waals surface area contributed by atoms with E-state index in [-0.39, 0.29) is 16.6 Å². The molecule has 0 aromatic heterocycles. The minimum atomic E-state index is -3.76. The summed E-state index contributed by atoms with van der Waals surface area (Å²) in [6.07, 6.45) is 2.14. The fraction of sp³-hybridized carbons (Fsp3) is 0.720. The number of nitrogens with zero attached hydrogens (tertiary/aromatic N) is 3. The van der Waals surface area contributed by atoms with Gasteiger partial charge >= 0.3 is 0 Å². The molecule has 2 aliphatic heterocycles. The van der Waals surface area contributed by atoms with Gasteiger partial charge in [-0.3, -0.25) is 9.69 Å². The zero-order chi connectivity index (χ0) is 24.4. The first kappa shape index (κ1) is 26.0. The summed E-state index contributed by atoms with van der Waals surface area (Å²) in [6, 6.07) is 4.79. The molecule has 1 aromatic rings. The highest BCUT2D eigenvalue weighted by Crippen LogP contribution is 2.32. The molecule has 7 nitrogen and oxygen atoms in total. The summed E-state index contributed by atoms with van der Waals surface area (Å²) in [5, 5.41) is 0. The Morgan fingerprint density at radius 2 is 1.67 bits per heavy atom. The predicted octanol–water partition coefficient (Wildman–Crippen LogP) is 3.56. The van der Waals surface area contributed by atoms with Crippen molar-refractivity contribution < 1.29 is 17.9 Å². The quantitative estimate of drug-likeness (QED) is 0.624. The molecule has 0 bridgehead atoms. The molecular formula is C25H41N3O4S. The Hall–Kier alpha value is -1.64. The third kappa shape index (κ3) is 6.49. The van der Waals surface area contributed by atoms with Crippen LogP contribution >= 0.6 is 0 Å². The molecule has 0 radical (unpaired) electrons. The highest BCUT2D eigenvalue weighted by molar-refractivity contribution is 7.89. The van der Waals surface area contributed by atoms with Crippen molar-refractivity contribution in [2.75, 3.05) is 52.9 Å². The van der Waals surface area contributed by atoms with Crippen LogP contribution in [0.3, 0.4) is 0 Å². The van der Waals surface area contributed by atoms with E-state index in [1.807, 2.05) is 4.90 Å². The molecule has 0 N–H and O–H groups in total. The Labute approximate surface area is 200 Å². The molecule has 2 saturated heterocycles. The Morgan fingerprint density at radius 3 is 2.21 bits per heavy atom. The van der Waals surface area contributed by atoms with Gasteiger partial charge in [-0.1, -0.05) is 34.6 Å². The number of carbonyl (C=O) groups excluding carboxylic acids is 1. The molecule has 1 aromatic carbocycles. The fourth-order valence-corrected chi connectivity index (χ4v) is 6.66. The lowest BCUT2D eigenvalue weighted by Gasteiger charge is -2.36. The smallest absolute Gasteiger partial charge is 0.253 e. The molecule has 0 saturated carbocycles. The van der Waals surface area contributed by atoms with E-state index in [2.05, 4.69) is 39.5 Å². The molecule has 2 unspecified atom stereocenters. The summed E-state index contributed by atoms with van der Waals surface area (Å²) in [4.78, 5) is 17.6. The second kappa shape index (κ2) is 10.3. The summed E-state index contributed by atoms with van der Waals surface area (Å²) < 4.78 is 34.0. The highest BCUT2D eigenvalue weighted by atomic mass is 32.2. The van der Waals surface area contributed by atoms with Crippen molar-refractivity contribution in [3.63, 3.8) is 0 Å². The van der Waals surface area contributed by atoms with Gasteiger partial charge in [0.25, 0.3) is 5.91 Å². The van der Waals surface area contributed by atoms with Crippen LogP contribution in [0.15, 0.2) is 23.1 Å². The maximum atomic E-state index is 13.5. The SMILES string of the molecule is COc1ccc(C(=O)N2CCN(CCC(C)(C)C)CC2)cc1S(=O)(=O)N1CC(C)CC(C)C1. The molecule has 2 atom stereocenters. The van der Waals surface area contributed by atoms with E-state index in [1.54, 1.807) is 16.4 Å². The number of piperazine rings is 1. The fourth-order valence-electron chi connectivity index (χ4n) is 4.80. The van der Waals surface area contributed by atoms with Gasteiger partial charge < -0.3 is 9.64 Å². The van der Waals surface area contributed by atoms with E-state index in [0.717, 1.165) is 32.5 Å². The molecule has 2 fully saturated rings. The predicted molar refractivity (Wildman–Crippen MR) is 131 cm³/mol. The molecule has 33 heavy (non-hydrogen) atoms. The van der Waals surface area contributed by atoms with E-state index < -0.39 is 10.0 Å². The minimum absolute atomic E-state index is 0.0842. The third-order valence-electron chi connectivity index (χ3n) is 6.70. The van der Waals surface area contributed by atoms with E-state index in [1.165, 1.54) is 13.2 Å². The van der Waals surface area contributed by atoms with Crippen molar-refractivity contribution in [3.8, 4) is 5.75 Å². The molecule has 8 heteroatoms. The Morgan fingerprint density at radius 1 is 1.06 bits per heavy atom. The molecule has 2 aliphatic rings. The standard InChI is InChI=1S/C25H41N3O4S/c1-19-15-20(2)18-28(17-19)33(30,31)23-16-21(7-8-22(23)32-6)24(29)27-13-11-26(12-14-27)10-9-25(3,4)5/h7-8,16,19-20H,9-15,17-18H2,1-6H3. The minimum Gasteiger partial charge on any atom is -0.495 e. The zero-order valence-electron chi connectivity index (χ0n) is 21.1. The van der Waals surface area contributed by atoms with Gasteiger partial charge in [-0.15, -0.1) is 0 Å². The summed E-state index contributed by atoms with van der Waals surface area (Å²) in [5.74, 6) is 0.761. The van der Waals surface area contributed by atoms with Crippen molar-refractivity contribution in [3.05, 3.63) is 23.8 Å². The second-order valence-electron chi connectivity index (χ2n) is 11.1. The summed E-state index contributed by atoms with van der Waals surface area (Å²) in [7, 11) is -2.29. The molecule has 186 valence electrons. The van der Waals surface area contributed by atoms with Crippen molar-refractivity contribution in [2.24, 2.45) is 17.3 Å². The monoisotopic (exact) mass is 479 g/mol. The van der Waals surface area contributed by atoms with Crippen LogP contribution in [-0.2, 0) is 10.0 Å². The zero-order valence-corrected chi connectivity index (χ0v) is 22.0. The van der Waals surface area contributed by atoms with E-state index in [4.69, 9.17) is 4.74 Å². The largest absolute Gasteiger partial charge is 0.495 e. The van der Waals surface area contributed by atoms with Crippen molar-refractivity contribution >= 4 is 15.9 Å². The van der Waals surface area contributed by atoms with Crippen LogP contribution in [0.4, 0.5) is 0 Å². The van der Waals surface area contributed by atoms with Gasteiger partial charge in [0.2, 0.25) is 10.0 Å². The van der Waals surface area contributed by atoms with Gasteiger partial charge in [-0.2, -0.15) is 4.31 Å². The number of ether oxygens (including phenoxy) is 1. The molecule has 3 rings (SSSR count). The van der Waals surface area contributed by atoms with Crippen molar-refractivity contribution in [1.82, 2.24) is 14.1 Å². The number of carbonyl (C=O) groups is 1. The number of rotatable bonds is 6. The number of benzene rings is 1. The van der Waals surface area contributed by atoms with E-state index >= 15 is 0 Å². The summed E-state index contributed by atoms with van der Waals surface area (Å²) in [6.45, 7) is 15.9. The van der Waals surface area contributed by atoms with Crippen LogP contribution in [0.5, 0.6) is 5.75 Å². The third-order valence-corrected chi connectivity index (χ3v) is 8.55. The molecule has 2 heterocycles. The van der Waals surface area contributed by atoms with Gasteiger partial charge in [-0.25, -0.2) is 8.42 Å². The number of hydrogen-bond donors (Lipinski definition) is 0. The van der Waals surface area contributed by atoms with Crippen LogP contribution in [0, 0.1) is 17.3 Å². The van der Waals surface area contributed by atoms with Crippen LogP contribution in [-0.4, -0.2) is 81.4 Å². The molecular weight excluding hydrogens is 438 g/mol. The van der Waals surface area contributed by atoms with E-state index in [0.29, 0.717) is 49.0 Å². The molecule has 0 spiro atoms. The molecule has 0 aliphatic carbocycles. The lowest BCUT2D eigenvalue weighted by Crippen LogP contribution is -2.49. The average molecular weight is 480 g/mol. The second-order valence-corrected chi connectivity index (χ2v) is 13.0. The van der Waals surface area contributed by atoms with Crippen molar-refractivity contribution in [2.45, 2.75) is 52.4 Å². The van der Waals surface area contributed by atoms with Gasteiger partial charge in [0, 0.05) is 44.8 Å². The first-order valence-electron chi connectivity index (χ1n) is 12.1. The summed E-state index contributed by atoms with van der Waals surface area (Å²) in [5.41, 5.74) is 0.692. The van der Waals surface area contributed by atoms with Gasteiger partial charge in [0.05, 0.1) is 7.11 Å². The molecule has 1 amide bonds. The first-order valence-corrected chi connectivity index (χ1v) is 13.5. The van der Waals surface area contributed by atoms with Gasteiger partial charge in [0.15, 0.2) is 0 Å². The highest BCUT2D eigenvalue weighted by Gasteiger charge is 2.34. The number of amides is 1. The van der Waals surface area contributed by atoms with Crippen LogP contribution in [0.1, 0.15) is 57.8 Å². The number of hydrogen-bond acceptors (Lipinski definition) is 5. The lowest BCUT2D eigenvalue weighted by molar-refractivity contribution is 0.0623.